The smallest absolute Gasteiger partial charge is 0.340 e. The van der Waals surface area contributed by atoms with Gasteiger partial charge >= 0.3 is 5.63 Å². The van der Waals surface area contributed by atoms with Gasteiger partial charge in [0.2, 0.25) is 11.7 Å². The van der Waals surface area contributed by atoms with Crippen LogP contribution in [0.3, 0.4) is 0 Å². The quantitative estimate of drug-likeness (QED) is 0.410. The molecule has 0 aliphatic rings. The summed E-state index contributed by atoms with van der Waals surface area (Å²) in [4.78, 5) is 25.7. The van der Waals surface area contributed by atoms with Crippen molar-refractivity contribution in [3.8, 4) is 11.5 Å². The standard InChI is InChI=1S/C25H26N2O6/c1-15-16-8-9-21(31-3)24(32-4)23(16)33-25(29)18(15)14-22(28)26-19-6-5-7-20-17(19)10-11-27(20)12-13-30-2/h5-11H,12-14H2,1-4H3,(H,26,28). The Balaban J connectivity index is 1.64. The molecule has 0 aliphatic heterocycles. The van der Waals surface area contributed by atoms with Crippen molar-refractivity contribution in [3.05, 3.63) is 64.1 Å². The van der Waals surface area contributed by atoms with Gasteiger partial charge in [0.25, 0.3) is 0 Å². The molecule has 8 nitrogen and oxygen atoms in total. The van der Waals surface area contributed by atoms with E-state index in [1.165, 1.54) is 14.2 Å². The number of nitrogens with one attached hydrogen (secondary N) is 1. The molecule has 0 saturated heterocycles. The number of aromatic nitrogens is 1. The minimum atomic E-state index is -0.578. The first kappa shape index (κ1) is 22.4. The SMILES string of the molecule is COCCn1ccc2c(NC(=O)Cc3c(C)c4ccc(OC)c(OC)c4oc3=O)cccc21. The van der Waals surface area contributed by atoms with Crippen LogP contribution in [-0.2, 0) is 22.5 Å². The number of nitrogens with zero attached hydrogens (tertiary/aromatic N) is 1. The van der Waals surface area contributed by atoms with Crippen LogP contribution in [0.1, 0.15) is 11.1 Å². The average Bonchev–Trinajstić information content (AvgIpc) is 3.23. The summed E-state index contributed by atoms with van der Waals surface area (Å²) < 4.78 is 23.4. The van der Waals surface area contributed by atoms with Gasteiger partial charge in [-0.2, -0.15) is 0 Å². The van der Waals surface area contributed by atoms with Gasteiger partial charge in [-0.3, -0.25) is 4.79 Å². The number of hydrogen-bond donors (Lipinski definition) is 1. The highest BCUT2D eigenvalue weighted by atomic mass is 16.5. The van der Waals surface area contributed by atoms with Crippen molar-refractivity contribution >= 4 is 33.5 Å². The zero-order valence-electron chi connectivity index (χ0n) is 19.1. The molecule has 1 amide bonds. The highest BCUT2D eigenvalue weighted by molar-refractivity contribution is 6.02. The number of amides is 1. The molecule has 0 saturated carbocycles. The second-order valence-corrected chi connectivity index (χ2v) is 7.64. The van der Waals surface area contributed by atoms with E-state index >= 15 is 0 Å². The second-order valence-electron chi connectivity index (χ2n) is 7.64. The van der Waals surface area contributed by atoms with Crippen molar-refractivity contribution in [1.82, 2.24) is 4.57 Å². The first-order valence-corrected chi connectivity index (χ1v) is 10.5. The third-order valence-electron chi connectivity index (χ3n) is 5.76. The normalized spacial score (nSPS) is 11.2. The van der Waals surface area contributed by atoms with Crippen LogP contribution in [0.5, 0.6) is 11.5 Å². The minimum Gasteiger partial charge on any atom is -0.493 e. The topological polar surface area (TPSA) is 91.9 Å². The summed E-state index contributed by atoms with van der Waals surface area (Å²) >= 11 is 0. The lowest BCUT2D eigenvalue weighted by Gasteiger charge is -2.13. The fourth-order valence-corrected chi connectivity index (χ4v) is 4.04. The van der Waals surface area contributed by atoms with Crippen molar-refractivity contribution < 1.29 is 23.4 Å². The number of hydrogen-bond acceptors (Lipinski definition) is 6. The highest BCUT2D eigenvalue weighted by Gasteiger charge is 2.20. The Morgan fingerprint density at radius 3 is 2.61 bits per heavy atom. The third-order valence-corrected chi connectivity index (χ3v) is 5.76. The number of carbonyl (C=O) groups is 1. The number of fused-ring (bicyclic) bond motifs is 2. The van der Waals surface area contributed by atoms with E-state index < -0.39 is 5.63 Å². The number of anilines is 1. The van der Waals surface area contributed by atoms with E-state index in [4.69, 9.17) is 18.6 Å². The van der Waals surface area contributed by atoms with Crippen molar-refractivity contribution in [2.24, 2.45) is 0 Å². The van der Waals surface area contributed by atoms with Gasteiger partial charge in [-0.15, -0.1) is 0 Å². The van der Waals surface area contributed by atoms with E-state index in [1.54, 1.807) is 26.2 Å². The zero-order chi connectivity index (χ0) is 23.5. The number of methoxy groups -OCH3 is 3. The van der Waals surface area contributed by atoms with Gasteiger partial charge in [0, 0.05) is 30.6 Å². The van der Waals surface area contributed by atoms with Gasteiger partial charge in [-0.25, -0.2) is 4.79 Å². The fourth-order valence-electron chi connectivity index (χ4n) is 4.04. The number of aryl methyl sites for hydroxylation is 1. The van der Waals surface area contributed by atoms with Gasteiger partial charge in [0.15, 0.2) is 11.3 Å². The van der Waals surface area contributed by atoms with E-state index in [2.05, 4.69) is 9.88 Å². The molecule has 0 bridgehead atoms. The van der Waals surface area contributed by atoms with Crippen molar-refractivity contribution in [3.63, 3.8) is 0 Å². The van der Waals surface area contributed by atoms with Gasteiger partial charge in [0.1, 0.15) is 0 Å². The second kappa shape index (κ2) is 9.38. The molecule has 2 aromatic carbocycles. The van der Waals surface area contributed by atoms with Gasteiger partial charge < -0.3 is 28.5 Å². The Kier molecular flexibility index (Phi) is 6.37. The molecule has 0 aliphatic carbocycles. The predicted molar refractivity (Wildman–Crippen MR) is 126 cm³/mol. The van der Waals surface area contributed by atoms with Crippen LogP contribution in [0.25, 0.3) is 21.9 Å². The molecule has 0 atom stereocenters. The molecular formula is C25H26N2O6. The summed E-state index contributed by atoms with van der Waals surface area (Å²) in [7, 11) is 4.66. The molecule has 33 heavy (non-hydrogen) atoms. The van der Waals surface area contributed by atoms with E-state index in [0.29, 0.717) is 52.4 Å². The predicted octanol–water partition coefficient (Wildman–Crippen LogP) is 3.90. The molecule has 4 aromatic rings. The van der Waals surface area contributed by atoms with Crippen molar-refractivity contribution in [2.75, 3.05) is 33.3 Å². The summed E-state index contributed by atoms with van der Waals surface area (Å²) in [5.41, 5.74) is 2.37. The Hall–Kier alpha value is -3.78. The lowest BCUT2D eigenvalue weighted by molar-refractivity contribution is -0.115. The number of rotatable bonds is 8. The van der Waals surface area contributed by atoms with Gasteiger partial charge in [-0.1, -0.05) is 6.07 Å². The molecule has 0 radical (unpaired) electrons. The van der Waals surface area contributed by atoms with Crippen molar-refractivity contribution in [2.45, 2.75) is 19.9 Å². The highest BCUT2D eigenvalue weighted by Crippen LogP contribution is 2.36. The van der Waals surface area contributed by atoms with Crippen LogP contribution in [0, 0.1) is 6.92 Å². The van der Waals surface area contributed by atoms with Crippen LogP contribution >= 0.6 is 0 Å². The van der Waals surface area contributed by atoms with E-state index in [-0.39, 0.29) is 12.3 Å². The van der Waals surface area contributed by atoms with Crippen LogP contribution in [-0.4, -0.2) is 38.4 Å². The largest absolute Gasteiger partial charge is 0.493 e. The van der Waals surface area contributed by atoms with E-state index in [0.717, 1.165) is 10.9 Å². The molecule has 172 valence electrons. The molecule has 0 spiro atoms. The first-order valence-electron chi connectivity index (χ1n) is 10.5. The molecule has 2 aromatic heterocycles. The van der Waals surface area contributed by atoms with Gasteiger partial charge in [0.05, 0.1) is 44.0 Å². The molecule has 0 unspecified atom stereocenters. The van der Waals surface area contributed by atoms with Gasteiger partial charge in [-0.05, 0) is 42.8 Å². The summed E-state index contributed by atoms with van der Waals surface area (Å²) in [5.74, 6) is 0.502. The van der Waals surface area contributed by atoms with Crippen LogP contribution in [0.4, 0.5) is 5.69 Å². The monoisotopic (exact) mass is 450 g/mol. The van der Waals surface area contributed by atoms with Crippen LogP contribution in [0.2, 0.25) is 0 Å². The van der Waals surface area contributed by atoms with E-state index in [1.807, 2.05) is 30.5 Å². The maximum Gasteiger partial charge on any atom is 0.340 e. The van der Waals surface area contributed by atoms with E-state index in [9.17, 15) is 9.59 Å². The minimum absolute atomic E-state index is 0.112. The summed E-state index contributed by atoms with van der Waals surface area (Å²) in [6, 6.07) is 11.2. The number of ether oxygens (including phenoxy) is 3. The summed E-state index contributed by atoms with van der Waals surface area (Å²) in [5, 5.41) is 4.54. The molecule has 1 N–H and O–H groups in total. The van der Waals surface area contributed by atoms with Crippen LogP contribution in [0.15, 0.2) is 51.8 Å². The average molecular weight is 450 g/mol. The Bertz CT molecular complexity index is 1390. The van der Waals surface area contributed by atoms with Crippen LogP contribution < -0.4 is 20.4 Å². The lowest BCUT2D eigenvalue weighted by Crippen LogP contribution is -2.21. The summed E-state index contributed by atoms with van der Waals surface area (Å²) in [6.45, 7) is 3.10. The molecule has 2 heterocycles. The Labute approximate surface area is 190 Å². The van der Waals surface area contributed by atoms with Crippen molar-refractivity contribution in [1.29, 1.82) is 0 Å². The zero-order valence-corrected chi connectivity index (χ0v) is 19.1. The number of benzene rings is 2. The molecule has 0 fully saturated rings. The molecular weight excluding hydrogens is 424 g/mol. The Morgan fingerprint density at radius 1 is 1.06 bits per heavy atom. The third kappa shape index (κ3) is 4.17. The molecule has 4 rings (SSSR count). The maximum atomic E-state index is 12.9. The number of carbonyl (C=O) groups excluding carboxylic acids is 1. The first-order chi connectivity index (χ1) is 16.0. The molecule has 8 heteroatoms. The fraction of sp³-hybridized carbons (Fsp3) is 0.280. The Morgan fingerprint density at radius 2 is 1.88 bits per heavy atom. The maximum absolute atomic E-state index is 12.9. The summed E-state index contributed by atoms with van der Waals surface area (Å²) in [6.07, 6.45) is 1.85. The lowest BCUT2D eigenvalue weighted by atomic mass is 10.0.